The maximum absolute atomic E-state index is 12.3. The Balaban J connectivity index is 3.62. The number of hydrogen-bond acceptors (Lipinski definition) is 2. The van der Waals surface area contributed by atoms with Gasteiger partial charge in [-0.3, -0.25) is 4.79 Å². The van der Waals surface area contributed by atoms with Crippen molar-refractivity contribution in [1.29, 1.82) is 0 Å². The van der Waals surface area contributed by atoms with Crippen LogP contribution in [-0.4, -0.2) is 50.7 Å². The summed E-state index contributed by atoms with van der Waals surface area (Å²) in [4.78, 5) is 12.3. The lowest BCUT2D eigenvalue weighted by atomic mass is 10.0. The molecule has 1 unspecified atom stereocenters. The monoisotopic (exact) mass is 342 g/mol. The zero-order chi connectivity index (χ0) is 18.3. The first-order valence-corrected chi connectivity index (χ1v) is 10.4. The molecule has 0 N–H and O–H groups in total. The molecule has 0 aromatic rings. The maximum atomic E-state index is 12.3. The molecule has 144 valence electrons. The summed E-state index contributed by atoms with van der Waals surface area (Å²) in [6.07, 6.45) is 15.0. The van der Waals surface area contributed by atoms with Gasteiger partial charge in [-0.25, -0.2) is 0 Å². The summed E-state index contributed by atoms with van der Waals surface area (Å²) in [5.41, 5.74) is 0. The van der Waals surface area contributed by atoms with E-state index in [1.807, 2.05) is 6.92 Å². The fourth-order valence-electron chi connectivity index (χ4n) is 3.07. The number of Topliss-reactive ketones (excluding diaryl/α,β-unsaturated/α-hetero) is 1. The van der Waals surface area contributed by atoms with Crippen molar-refractivity contribution in [3.8, 4) is 0 Å². The Morgan fingerprint density at radius 3 is 1.67 bits per heavy atom. The van der Waals surface area contributed by atoms with Crippen LogP contribution in [0.3, 0.4) is 0 Å². The number of unbranched alkanes of at least 4 members (excludes halogenated alkanes) is 10. The molecular formula is C21H44NO2+. The summed E-state index contributed by atoms with van der Waals surface area (Å²) in [5, 5.41) is 0. The largest absolute Gasteiger partial charge is 0.365 e. The van der Waals surface area contributed by atoms with E-state index in [0.717, 1.165) is 17.4 Å². The van der Waals surface area contributed by atoms with Crippen LogP contribution in [-0.2, 0) is 9.53 Å². The lowest BCUT2D eigenvalue weighted by Crippen LogP contribution is -2.45. The Hall–Kier alpha value is -0.410. The van der Waals surface area contributed by atoms with Gasteiger partial charge in [-0.05, 0) is 13.3 Å². The zero-order valence-electron chi connectivity index (χ0n) is 17.2. The molecule has 0 aromatic carbocycles. The molecule has 0 aliphatic rings. The van der Waals surface area contributed by atoms with Gasteiger partial charge in [-0.2, -0.15) is 0 Å². The van der Waals surface area contributed by atoms with Crippen molar-refractivity contribution in [2.75, 3.05) is 34.3 Å². The third-order valence-corrected chi connectivity index (χ3v) is 4.47. The second kappa shape index (κ2) is 14.9. The standard InChI is InChI=1S/C21H44NO2/c1-6-8-9-10-11-12-13-14-15-16-17-18-20(23)21(24-7-2)19-22(3,4)5/h21H,6-19H2,1-5H3/q+1. The third-order valence-electron chi connectivity index (χ3n) is 4.47. The van der Waals surface area contributed by atoms with E-state index in [0.29, 0.717) is 18.8 Å². The fourth-order valence-corrected chi connectivity index (χ4v) is 3.07. The first-order chi connectivity index (χ1) is 11.4. The molecule has 3 heteroatoms. The SMILES string of the molecule is CCCCCCCCCCCCCC(=O)C(C[N+](C)(C)C)OCC. The van der Waals surface area contributed by atoms with Crippen molar-refractivity contribution in [2.24, 2.45) is 0 Å². The van der Waals surface area contributed by atoms with Crippen molar-refractivity contribution in [3.05, 3.63) is 0 Å². The van der Waals surface area contributed by atoms with E-state index in [9.17, 15) is 4.79 Å². The summed E-state index contributed by atoms with van der Waals surface area (Å²) in [6, 6.07) is 0. The normalized spacial score (nSPS) is 13.2. The summed E-state index contributed by atoms with van der Waals surface area (Å²) >= 11 is 0. The first kappa shape index (κ1) is 23.6. The van der Waals surface area contributed by atoms with Crippen LogP contribution in [0.2, 0.25) is 0 Å². The van der Waals surface area contributed by atoms with E-state index in [-0.39, 0.29) is 6.10 Å². The minimum absolute atomic E-state index is 0.224. The molecule has 24 heavy (non-hydrogen) atoms. The third kappa shape index (κ3) is 15.1. The average Bonchev–Trinajstić information content (AvgIpc) is 2.50. The molecule has 0 heterocycles. The highest BCUT2D eigenvalue weighted by molar-refractivity contribution is 5.83. The number of carbonyl (C=O) groups excluding carboxylic acids is 1. The number of carbonyl (C=O) groups is 1. The molecule has 0 aliphatic heterocycles. The molecule has 3 nitrogen and oxygen atoms in total. The quantitative estimate of drug-likeness (QED) is 0.262. The predicted molar refractivity (Wildman–Crippen MR) is 104 cm³/mol. The molecule has 1 atom stereocenters. The van der Waals surface area contributed by atoms with Gasteiger partial charge in [0.15, 0.2) is 11.9 Å². The van der Waals surface area contributed by atoms with E-state index in [4.69, 9.17) is 4.74 Å². The minimum Gasteiger partial charge on any atom is -0.365 e. The number of ether oxygens (including phenoxy) is 1. The van der Waals surface area contributed by atoms with E-state index < -0.39 is 0 Å². The number of rotatable bonds is 17. The molecule has 0 aliphatic carbocycles. The van der Waals surface area contributed by atoms with Gasteiger partial charge in [-0.15, -0.1) is 0 Å². The van der Waals surface area contributed by atoms with Gasteiger partial charge in [0.1, 0.15) is 6.54 Å². The van der Waals surface area contributed by atoms with Gasteiger partial charge < -0.3 is 9.22 Å². The minimum atomic E-state index is -0.224. The summed E-state index contributed by atoms with van der Waals surface area (Å²) in [6.45, 7) is 5.63. The van der Waals surface area contributed by atoms with Crippen LogP contribution in [0.1, 0.15) is 90.9 Å². The van der Waals surface area contributed by atoms with Crippen molar-refractivity contribution in [3.63, 3.8) is 0 Å². The van der Waals surface area contributed by atoms with Crippen molar-refractivity contribution < 1.29 is 14.0 Å². The molecule has 0 saturated carbocycles. The van der Waals surface area contributed by atoms with Crippen molar-refractivity contribution in [2.45, 2.75) is 97.0 Å². The summed E-state index contributed by atoms with van der Waals surface area (Å²) in [5.74, 6) is 0.292. The number of likely N-dealkylation sites (N-methyl/N-ethyl adjacent to an activating group) is 1. The van der Waals surface area contributed by atoms with Gasteiger partial charge in [0, 0.05) is 13.0 Å². The topological polar surface area (TPSA) is 26.3 Å². The maximum Gasteiger partial charge on any atom is 0.167 e. The number of ketones is 1. The van der Waals surface area contributed by atoms with E-state index in [1.54, 1.807) is 0 Å². The second-order valence-corrected chi connectivity index (χ2v) is 8.17. The smallest absolute Gasteiger partial charge is 0.167 e. The Bertz CT molecular complexity index is 297. The van der Waals surface area contributed by atoms with Crippen LogP contribution in [0.5, 0.6) is 0 Å². The lowest BCUT2D eigenvalue weighted by molar-refractivity contribution is -0.872. The lowest BCUT2D eigenvalue weighted by Gasteiger charge is -2.28. The van der Waals surface area contributed by atoms with E-state index in [1.165, 1.54) is 64.2 Å². The van der Waals surface area contributed by atoms with E-state index >= 15 is 0 Å². The first-order valence-electron chi connectivity index (χ1n) is 10.4. The fraction of sp³-hybridized carbons (Fsp3) is 0.952. The predicted octanol–water partition coefficient (Wildman–Crippen LogP) is 5.37. The van der Waals surface area contributed by atoms with Crippen LogP contribution in [0.25, 0.3) is 0 Å². The van der Waals surface area contributed by atoms with Crippen molar-refractivity contribution >= 4 is 5.78 Å². The Morgan fingerprint density at radius 1 is 0.792 bits per heavy atom. The van der Waals surface area contributed by atoms with Crippen LogP contribution in [0.15, 0.2) is 0 Å². The highest BCUT2D eigenvalue weighted by Crippen LogP contribution is 2.13. The molecule has 0 rings (SSSR count). The number of hydrogen-bond donors (Lipinski definition) is 0. The van der Waals surface area contributed by atoms with Gasteiger partial charge in [0.05, 0.1) is 21.1 Å². The highest BCUT2D eigenvalue weighted by Gasteiger charge is 2.24. The van der Waals surface area contributed by atoms with Crippen LogP contribution in [0, 0.1) is 0 Å². The van der Waals surface area contributed by atoms with Gasteiger partial charge in [-0.1, -0.05) is 71.1 Å². The molecule has 0 saturated heterocycles. The molecule has 0 fully saturated rings. The molecule has 0 spiro atoms. The average molecular weight is 343 g/mol. The van der Waals surface area contributed by atoms with Gasteiger partial charge in [0.2, 0.25) is 0 Å². The molecule has 0 aromatic heterocycles. The van der Waals surface area contributed by atoms with Crippen LogP contribution >= 0.6 is 0 Å². The summed E-state index contributed by atoms with van der Waals surface area (Å²) in [7, 11) is 6.34. The van der Waals surface area contributed by atoms with E-state index in [2.05, 4.69) is 28.1 Å². The second-order valence-electron chi connectivity index (χ2n) is 8.17. The van der Waals surface area contributed by atoms with Gasteiger partial charge >= 0.3 is 0 Å². The zero-order valence-corrected chi connectivity index (χ0v) is 17.2. The molecular weight excluding hydrogens is 298 g/mol. The number of nitrogens with zero attached hydrogens (tertiary/aromatic N) is 1. The molecule has 0 radical (unpaired) electrons. The van der Waals surface area contributed by atoms with Crippen LogP contribution < -0.4 is 0 Å². The van der Waals surface area contributed by atoms with Gasteiger partial charge in [0.25, 0.3) is 0 Å². The molecule has 0 amide bonds. The highest BCUT2D eigenvalue weighted by atomic mass is 16.5. The molecule has 0 bridgehead atoms. The Labute approximate surface area is 151 Å². The number of quaternary nitrogens is 1. The Morgan fingerprint density at radius 2 is 1.25 bits per heavy atom. The summed E-state index contributed by atoms with van der Waals surface area (Å²) < 4.78 is 6.44. The van der Waals surface area contributed by atoms with Crippen LogP contribution in [0.4, 0.5) is 0 Å². The van der Waals surface area contributed by atoms with Crippen molar-refractivity contribution in [1.82, 2.24) is 0 Å². The Kier molecular flexibility index (Phi) is 14.6.